The quantitative estimate of drug-likeness (QED) is 0.666. The Morgan fingerprint density at radius 2 is 2.46 bits per heavy atom. The number of aromatic nitrogens is 1. The summed E-state index contributed by atoms with van der Waals surface area (Å²) in [4.78, 5) is 14.8. The van der Waals surface area contributed by atoms with E-state index in [1.54, 1.807) is 12.1 Å². The highest BCUT2D eigenvalue weighted by atomic mass is 19.1. The monoisotopic (exact) mass is 183 g/mol. The Kier molecular flexibility index (Phi) is 3.37. The summed E-state index contributed by atoms with van der Waals surface area (Å²) in [6.45, 7) is 0.767. The molecule has 13 heavy (non-hydrogen) atoms. The zero-order chi connectivity index (χ0) is 9.68. The van der Waals surface area contributed by atoms with Gasteiger partial charge >= 0.3 is 0 Å². The van der Waals surface area contributed by atoms with Gasteiger partial charge in [-0.2, -0.15) is 0 Å². The van der Waals surface area contributed by atoms with Crippen LogP contribution in [-0.2, 0) is 0 Å². The predicted molar refractivity (Wildman–Crippen MR) is 45.7 cm³/mol. The number of nitrogens with zero attached hydrogens (tertiary/aromatic N) is 1. The number of alkyl halides is 1. The Balaban J connectivity index is 2.84. The number of carbonyl (C=O) groups is 1. The predicted octanol–water partition coefficient (Wildman–Crippen LogP) is 1.63. The molecular weight excluding hydrogens is 173 g/mol. The Hall–Kier alpha value is -1.45. The van der Waals surface area contributed by atoms with Crippen LogP contribution in [0.25, 0.3) is 0 Å². The molecule has 1 aromatic heterocycles. The zero-order valence-electron chi connectivity index (χ0n) is 7.29. The molecule has 1 heterocycles. The summed E-state index contributed by atoms with van der Waals surface area (Å²) in [5.41, 5.74) is 0.246. The first-order chi connectivity index (χ1) is 6.25. The molecule has 0 aromatic carbocycles. The van der Waals surface area contributed by atoms with Gasteiger partial charge in [0.1, 0.15) is 24.7 Å². The highest BCUT2D eigenvalue weighted by Gasteiger charge is 2.08. The normalized spacial score (nSPS) is 9.69. The largest absolute Gasteiger partial charge is 0.488 e. The summed E-state index contributed by atoms with van der Waals surface area (Å²) >= 11 is 0. The zero-order valence-corrected chi connectivity index (χ0v) is 7.29. The van der Waals surface area contributed by atoms with Gasteiger partial charge in [0.2, 0.25) is 0 Å². The molecule has 0 spiro atoms. The molecule has 0 aliphatic rings. The second kappa shape index (κ2) is 4.54. The molecule has 0 N–H and O–H groups in total. The number of rotatable bonds is 4. The van der Waals surface area contributed by atoms with Crippen LogP contribution >= 0.6 is 0 Å². The van der Waals surface area contributed by atoms with Crippen LogP contribution in [0.5, 0.6) is 5.75 Å². The maximum atomic E-state index is 11.8. The molecule has 70 valence electrons. The molecule has 0 amide bonds. The van der Waals surface area contributed by atoms with E-state index in [1.165, 1.54) is 13.1 Å². The maximum absolute atomic E-state index is 11.8. The number of hydrogen-bond donors (Lipinski definition) is 0. The molecule has 0 saturated heterocycles. The van der Waals surface area contributed by atoms with Crippen LogP contribution in [0.15, 0.2) is 18.3 Å². The van der Waals surface area contributed by atoms with Crippen LogP contribution in [0.3, 0.4) is 0 Å². The molecule has 0 atom stereocenters. The fraction of sp³-hybridized carbons (Fsp3) is 0.333. The lowest BCUT2D eigenvalue weighted by Gasteiger charge is -2.05. The minimum Gasteiger partial charge on any atom is -0.488 e. The lowest BCUT2D eigenvalue weighted by Crippen LogP contribution is -2.05. The van der Waals surface area contributed by atoms with Crippen LogP contribution in [0.2, 0.25) is 0 Å². The molecule has 1 rings (SSSR count). The third-order valence-electron chi connectivity index (χ3n) is 1.44. The summed E-state index contributed by atoms with van der Waals surface area (Å²) in [5.74, 6) is 0.155. The number of Topliss-reactive ketones (excluding diaryl/α,β-unsaturated/α-hetero) is 1. The van der Waals surface area contributed by atoms with E-state index >= 15 is 0 Å². The van der Waals surface area contributed by atoms with Crippen LogP contribution in [-0.4, -0.2) is 24.0 Å². The van der Waals surface area contributed by atoms with E-state index in [2.05, 4.69) is 4.98 Å². The molecule has 0 radical (unpaired) electrons. The van der Waals surface area contributed by atoms with Gasteiger partial charge in [-0.3, -0.25) is 4.79 Å². The van der Waals surface area contributed by atoms with E-state index in [9.17, 15) is 9.18 Å². The summed E-state index contributed by atoms with van der Waals surface area (Å²) < 4.78 is 16.8. The lowest BCUT2D eigenvalue weighted by atomic mass is 10.2. The van der Waals surface area contributed by atoms with Crippen molar-refractivity contribution in [3.05, 3.63) is 24.0 Å². The Morgan fingerprint density at radius 1 is 1.69 bits per heavy atom. The molecule has 0 unspecified atom stereocenters. The molecule has 0 aliphatic heterocycles. The van der Waals surface area contributed by atoms with Gasteiger partial charge in [0, 0.05) is 13.1 Å². The van der Waals surface area contributed by atoms with E-state index < -0.39 is 6.67 Å². The molecule has 4 heteroatoms. The van der Waals surface area contributed by atoms with E-state index in [-0.39, 0.29) is 18.1 Å². The second-order valence-electron chi connectivity index (χ2n) is 2.44. The van der Waals surface area contributed by atoms with Gasteiger partial charge < -0.3 is 4.74 Å². The number of ketones is 1. The molecule has 0 bridgehead atoms. The molecule has 0 fully saturated rings. The third kappa shape index (κ3) is 2.50. The summed E-state index contributed by atoms with van der Waals surface area (Å²) in [5, 5.41) is 0. The van der Waals surface area contributed by atoms with Crippen molar-refractivity contribution >= 4 is 5.78 Å². The van der Waals surface area contributed by atoms with Crippen molar-refractivity contribution in [1.82, 2.24) is 4.98 Å². The third-order valence-corrected chi connectivity index (χ3v) is 1.44. The van der Waals surface area contributed by atoms with Crippen molar-refractivity contribution in [2.45, 2.75) is 6.92 Å². The average Bonchev–Trinajstić information content (AvgIpc) is 2.15. The average molecular weight is 183 g/mol. The summed E-state index contributed by atoms with van der Waals surface area (Å²) in [6.07, 6.45) is 1.50. The lowest BCUT2D eigenvalue weighted by molar-refractivity contribution is 0.100. The maximum Gasteiger partial charge on any atom is 0.181 e. The van der Waals surface area contributed by atoms with Gasteiger partial charge in [-0.1, -0.05) is 0 Å². The standard InChI is InChI=1S/C9H10FNO2/c1-7(12)9-8(13-6-4-10)3-2-5-11-9/h2-3,5H,4,6H2,1H3. The van der Waals surface area contributed by atoms with Gasteiger partial charge in [-0.05, 0) is 12.1 Å². The van der Waals surface area contributed by atoms with Gasteiger partial charge in [-0.25, -0.2) is 9.37 Å². The van der Waals surface area contributed by atoms with Gasteiger partial charge in [-0.15, -0.1) is 0 Å². The first kappa shape index (κ1) is 9.64. The first-order valence-electron chi connectivity index (χ1n) is 3.90. The van der Waals surface area contributed by atoms with Crippen molar-refractivity contribution in [3.63, 3.8) is 0 Å². The molecule has 0 aliphatic carbocycles. The first-order valence-corrected chi connectivity index (χ1v) is 3.90. The molecular formula is C9H10FNO2. The Morgan fingerprint density at radius 3 is 3.08 bits per heavy atom. The van der Waals surface area contributed by atoms with Crippen molar-refractivity contribution in [2.75, 3.05) is 13.3 Å². The molecule has 1 aromatic rings. The fourth-order valence-corrected chi connectivity index (χ4v) is 0.920. The van der Waals surface area contributed by atoms with E-state index in [0.29, 0.717) is 5.75 Å². The van der Waals surface area contributed by atoms with Crippen molar-refractivity contribution in [3.8, 4) is 5.75 Å². The van der Waals surface area contributed by atoms with Crippen LogP contribution in [0.1, 0.15) is 17.4 Å². The van der Waals surface area contributed by atoms with Crippen molar-refractivity contribution in [2.24, 2.45) is 0 Å². The minimum atomic E-state index is -0.577. The smallest absolute Gasteiger partial charge is 0.181 e. The number of pyridine rings is 1. The summed E-state index contributed by atoms with van der Waals surface area (Å²) in [6, 6.07) is 3.24. The van der Waals surface area contributed by atoms with Crippen LogP contribution in [0, 0.1) is 0 Å². The Bertz CT molecular complexity index is 301. The number of carbonyl (C=O) groups excluding carboxylic acids is 1. The molecule has 3 nitrogen and oxygen atoms in total. The Labute approximate surface area is 75.6 Å². The van der Waals surface area contributed by atoms with Crippen molar-refractivity contribution < 1.29 is 13.9 Å². The van der Waals surface area contributed by atoms with Crippen LogP contribution in [0.4, 0.5) is 4.39 Å². The minimum absolute atomic E-state index is 0.0496. The highest BCUT2D eigenvalue weighted by Crippen LogP contribution is 2.15. The van der Waals surface area contributed by atoms with Crippen LogP contribution < -0.4 is 4.74 Å². The summed E-state index contributed by atoms with van der Waals surface area (Å²) in [7, 11) is 0. The molecule has 0 saturated carbocycles. The SMILES string of the molecule is CC(=O)c1ncccc1OCCF. The highest BCUT2D eigenvalue weighted by molar-refractivity contribution is 5.94. The van der Waals surface area contributed by atoms with Gasteiger partial charge in [0.15, 0.2) is 5.78 Å². The van der Waals surface area contributed by atoms with E-state index in [0.717, 1.165) is 0 Å². The van der Waals surface area contributed by atoms with E-state index in [4.69, 9.17) is 4.74 Å². The van der Waals surface area contributed by atoms with E-state index in [1.807, 2.05) is 0 Å². The number of ether oxygens (including phenoxy) is 1. The fourth-order valence-electron chi connectivity index (χ4n) is 0.920. The van der Waals surface area contributed by atoms with Gasteiger partial charge in [0.25, 0.3) is 0 Å². The van der Waals surface area contributed by atoms with Crippen molar-refractivity contribution in [1.29, 1.82) is 0 Å². The number of halogens is 1. The van der Waals surface area contributed by atoms with Gasteiger partial charge in [0.05, 0.1) is 0 Å². The second-order valence-corrected chi connectivity index (χ2v) is 2.44. The number of hydrogen-bond acceptors (Lipinski definition) is 3. The topological polar surface area (TPSA) is 39.2 Å².